The Balaban J connectivity index is 1.53. The zero-order valence-electron chi connectivity index (χ0n) is 12.7. The molecule has 3 heterocycles. The van der Waals surface area contributed by atoms with Crippen molar-refractivity contribution in [3.8, 4) is 0 Å². The molecule has 1 aromatic rings. The van der Waals surface area contributed by atoms with Crippen LogP contribution < -0.4 is 5.32 Å². The van der Waals surface area contributed by atoms with Crippen LogP contribution >= 0.6 is 0 Å². The van der Waals surface area contributed by atoms with Crippen molar-refractivity contribution >= 4 is 0 Å². The van der Waals surface area contributed by atoms with Gasteiger partial charge in [-0.3, -0.25) is 0 Å². The van der Waals surface area contributed by atoms with Crippen LogP contribution in [0.25, 0.3) is 0 Å². The first-order valence-electron chi connectivity index (χ1n) is 8.31. The highest BCUT2D eigenvalue weighted by Gasteiger charge is 2.22. The Morgan fingerprint density at radius 1 is 1.20 bits per heavy atom. The van der Waals surface area contributed by atoms with Crippen LogP contribution in [0.15, 0.2) is 12.5 Å². The average Bonchev–Trinajstić information content (AvgIpc) is 3.10. The van der Waals surface area contributed by atoms with E-state index in [1.165, 1.54) is 63.9 Å². The third-order valence-corrected chi connectivity index (χ3v) is 4.79. The van der Waals surface area contributed by atoms with Crippen LogP contribution in [0.3, 0.4) is 0 Å². The number of likely N-dealkylation sites (tertiary alicyclic amines) is 1. The van der Waals surface area contributed by atoms with E-state index in [1.807, 2.05) is 6.33 Å². The van der Waals surface area contributed by atoms with Crippen molar-refractivity contribution < 1.29 is 0 Å². The van der Waals surface area contributed by atoms with Gasteiger partial charge in [-0.2, -0.15) is 0 Å². The van der Waals surface area contributed by atoms with Crippen molar-refractivity contribution in [2.24, 2.45) is 0 Å². The lowest BCUT2D eigenvalue weighted by Crippen LogP contribution is -2.35. The van der Waals surface area contributed by atoms with Gasteiger partial charge in [-0.15, -0.1) is 0 Å². The zero-order valence-corrected chi connectivity index (χ0v) is 12.7. The first-order valence-corrected chi connectivity index (χ1v) is 8.31. The van der Waals surface area contributed by atoms with Crippen molar-refractivity contribution in [2.45, 2.75) is 64.1 Å². The van der Waals surface area contributed by atoms with Crippen LogP contribution in [-0.4, -0.2) is 40.1 Å². The maximum atomic E-state index is 4.38. The van der Waals surface area contributed by atoms with Gasteiger partial charge in [0.25, 0.3) is 0 Å². The van der Waals surface area contributed by atoms with Gasteiger partial charge >= 0.3 is 0 Å². The van der Waals surface area contributed by atoms with Gasteiger partial charge in [-0.25, -0.2) is 4.98 Å². The molecule has 2 aliphatic rings. The number of imidazole rings is 1. The van der Waals surface area contributed by atoms with E-state index in [2.05, 4.69) is 32.9 Å². The Labute approximate surface area is 122 Å². The summed E-state index contributed by atoms with van der Waals surface area (Å²) in [5, 5.41) is 3.72. The molecule has 4 nitrogen and oxygen atoms in total. The second-order valence-electron chi connectivity index (χ2n) is 6.47. The molecule has 4 heteroatoms. The molecule has 0 spiro atoms. The summed E-state index contributed by atoms with van der Waals surface area (Å²) in [7, 11) is 0. The Hall–Kier alpha value is -0.870. The number of nitrogens with zero attached hydrogens (tertiary/aromatic N) is 3. The van der Waals surface area contributed by atoms with E-state index < -0.39 is 0 Å². The lowest BCUT2D eigenvalue weighted by Gasteiger charge is -2.29. The van der Waals surface area contributed by atoms with Crippen LogP contribution in [0.1, 0.15) is 57.2 Å². The molecule has 20 heavy (non-hydrogen) atoms. The normalized spacial score (nSPS) is 28.1. The summed E-state index contributed by atoms with van der Waals surface area (Å²) in [6.07, 6.45) is 12.0. The van der Waals surface area contributed by atoms with Gasteiger partial charge < -0.3 is 14.8 Å². The summed E-state index contributed by atoms with van der Waals surface area (Å²) in [4.78, 5) is 6.98. The van der Waals surface area contributed by atoms with Crippen molar-refractivity contribution in [1.29, 1.82) is 0 Å². The summed E-state index contributed by atoms with van der Waals surface area (Å²) >= 11 is 0. The summed E-state index contributed by atoms with van der Waals surface area (Å²) in [5.41, 5.74) is 1.39. The van der Waals surface area contributed by atoms with E-state index in [-0.39, 0.29) is 0 Å². The Morgan fingerprint density at radius 2 is 2.05 bits per heavy atom. The largest absolute Gasteiger partial charge is 0.333 e. The molecule has 0 aromatic carbocycles. The highest BCUT2D eigenvalue weighted by molar-refractivity contribution is 5.07. The molecule has 112 valence electrons. The minimum atomic E-state index is 0.507. The molecule has 2 aliphatic heterocycles. The van der Waals surface area contributed by atoms with Crippen molar-refractivity contribution in [1.82, 2.24) is 19.8 Å². The summed E-state index contributed by atoms with van der Waals surface area (Å²) < 4.78 is 2.37. The van der Waals surface area contributed by atoms with Gasteiger partial charge in [0.1, 0.15) is 0 Å². The van der Waals surface area contributed by atoms with Crippen molar-refractivity contribution in [2.75, 3.05) is 19.6 Å². The fourth-order valence-corrected chi connectivity index (χ4v) is 3.65. The Morgan fingerprint density at radius 3 is 2.85 bits per heavy atom. The van der Waals surface area contributed by atoms with Gasteiger partial charge in [-0.05, 0) is 65.1 Å². The summed E-state index contributed by atoms with van der Waals surface area (Å²) in [5.74, 6) is 0. The first-order chi connectivity index (χ1) is 9.83. The predicted molar refractivity (Wildman–Crippen MR) is 81.7 cm³/mol. The fraction of sp³-hybridized carbons (Fsp3) is 0.812. The van der Waals surface area contributed by atoms with Gasteiger partial charge in [0, 0.05) is 24.8 Å². The number of rotatable bonds is 5. The molecular weight excluding hydrogens is 248 g/mol. The molecule has 1 aromatic heterocycles. The average molecular weight is 276 g/mol. The molecule has 0 saturated carbocycles. The van der Waals surface area contributed by atoms with Gasteiger partial charge in [0.15, 0.2) is 0 Å². The number of hydrogen-bond acceptors (Lipinski definition) is 3. The summed E-state index contributed by atoms with van der Waals surface area (Å²) in [6, 6.07) is 1.15. The quantitative estimate of drug-likeness (QED) is 0.897. The maximum absolute atomic E-state index is 4.38. The second-order valence-corrected chi connectivity index (χ2v) is 6.47. The summed E-state index contributed by atoms with van der Waals surface area (Å²) in [6.45, 7) is 7.25. The third-order valence-electron chi connectivity index (χ3n) is 4.79. The first kappa shape index (κ1) is 14.1. The lowest BCUT2D eigenvalue weighted by molar-refractivity contribution is 0.312. The minimum Gasteiger partial charge on any atom is -0.333 e. The molecule has 0 aliphatic carbocycles. The molecule has 0 radical (unpaired) electrons. The third kappa shape index (κ3) is 3.41. The standard InChI is InChI=1S/C16H28N4/c1-14-6-4-7-15(18-14)16-12-17-13-20(16)11-5-10-19-8-2-3-9-19/h12-15,18H,2-11H2,1H3. The monoisotopic (exact) mass is 276 g/mol. The van der Waals surface area contributed by atoms with E-state index in [0.717, 1.165) is 6.54 Å². The number of piperidine rings is 1. The van der Waals surface area contributed by atoms with E-state index in [9.17, 15) is 0 Å². The lowest BCUT2D eigenvalue weighted by atomic mass is 9.97. The van der Waals surface area contributed by atoms with Crippen LogP contribution in [0.2, 0.25) is 0 Å². The zero-order chi connectivity index (χ0) is 13.8. The molecule has 2 atom stereocenters. The van der Waals surface area contributed by atoms with Gasteiger partial charge in [0.2, 0.25) is 0 Å². The molecular formula is C16H28N4. The van der Waals surface area contributed by atoms with Crippen LogP contribution in [-0.2, 0) is 6.54 Å². The predicted octanol–water partition coefficient (Wildman–Crippen LogP) is 2.57. The van der Waals surface area contributed by atoms with Gasteiger partial charge in [-0.1, -0.05) is 0 Å². The topological polar surface area (TPSA) is 33.1 Å². The molecule has 3 rings (SSSR count). The van der Waals surface area contributed by atoms with E-state index >= 15 is 0 Å². The number of nitrogens with one attached hydrogen (secondary N) is 1. The van der Waals surface area contributed by atoms with E-state index in [0.29, 0.717) is 12.1 Å². The van der Waals surface area contributed by atoms with Crippen LogP contribution in [0.5, 0.6) is 0 Å². The second kappa shape index (κ2) is 6.72. The molecule has 0 bridgehead atoms. The minimum absolute atomic E-state index is 0.507. The number of hydrogen-bond donors (Lipinski definition) is 1. The Bertz CT molecular complexity index is 408. The Kier molecular flexibility index (Phi) is 4.73. The fourth-order valence-electron chi connectivity index (χ4n) is 3.65. The molecule has 2 unspecified atom stereocenters. The van der Waals surface area contributed by atoms with E-state index in [1.54, 1.807) is 0 Å². The molecule has 2 saturated heterocycles. The maximum Gasteiger partial charge on any atom is 0.0948 e. The van der Waals surface area contributed by atoms with Crippen LogP contribution in [0, 0.1) is 0 Å². The van der Waals surface area contributed by atoms with Crippen LogP contribution in [0.4, 0.5) is 0 Å². The number of aromatic nitrogens is 2. The molecule has 2 fully saturated rings. The van der Waals surface area contributed by atoms with E-state index in [4.69, 9.17) is 0 Å². The van der Waals surface area contributed by atoms with Gasteiger partial charge in [0.05, 0.1) is 12.0 Å². The molecule has 0 amide bonds. The highest BCUT2D eigenvalue weighted by atomic mass is 15.1. The highest BCUT2D eigenvalue weighted by Crippen LogP contribution is 2.25. The SMILES string of the molecule is CC1CCCC(c2cncn2CCCN2CCCC2)N1. The van der Waals surface area contributed by atoms with Crippen molar-refractivity contribution in [3.05, 3.63) is 18.2 Å². The van der Waals surface area contributed by atoms with Crippen molar-refractivity contribution in [3.63, 3.8) is 0 Å². The number of aryl methyl sites for hydroxylation is 1. The molecule has 1 N–H and O–H groups in total. The smallest absolute Gasteiger partial charge is 0.0948 e.